The summed E-state index contributed by atoms with van der Waals surface area (Å²) in [6, 6.07) is 10.1. The number of nitrogens with zero attached hydrogens (tertiary/aromatic N) is 7. The summed E-state index contributed by atoms with van der Waals surface area (Å²) in [7, 11) is 1.66. The molecule has 12 heteroatoms. The number of aryl methyl sites for hydroxylation is 2. The minimum absolute atomic E-state index is 0.0562. The Kier molecular flexibility index (Phi) is 6.28. The number of nitrogens with one attached hydrogen (secondary N) is 1. The largest absolute Gasteiger partial charge is 0.419 e. The number of halogens is 3. The Morgan fingerprint density at radius 1 is 1.21 bits per heavy atom. The molecule has 0 spiro atoms. The number of nitriles is 1. The van der Waals surface area contributed by atoms with Crippen LogP contribution < -0.4 is 10.2 Å². The van der Waals surface area contributed by atoms with Gasteiger partial charge in [0.2, 0.25) is 11.9 Å². The van der Waals surface area contributed by atoms with E-state index in [0.29, 0.717) is 36.2 Å². The zero-order chi connectivity index (χ0) is 27.0. The highest BCUT2D eigenvalue weighted by Crippen LogP contribution is 2.40. The van der Waals surface area contributed by atoms with Crippen molar-refractivity contribution in [2.45, 2.75) is 25.9 Å². The minimum atomic E-state index is -4.73. The third-order valence-electron chi connectivity index (χ3n) is 6.37. The number of hydrogen-bond donors (Lipinski definition) is 1. The first kappa shape index (κ1) is 24.9. The average molecular weight is 519 g/mol. The van der Waals surface area contributed by atoms with Crippen molar-refractivity contribution in [3.63, 3.8) is 0 Å². The lowest BCUT2D eigenvalue weighted by molar-refractivity contribution is -0.137. The average Bonchev–Trinajstić information content (AvgIpc) is 3.50. The van der Waals surface area contributed by atoms with Crippen LogP contribution in [0, 0.1) is 18.3 Å². The first-order valence-electron chi connectivity index (χ1n) is 11.6. The molecule has 0 saturated carbocycles. The van der Waals surface area contributed by atoms with E-state index in [4.69, 9.17) is 0 Å². The topological polar surface area (TPSA) is 113 Å². The second-order valence-corrected chi connectivity index (χ2v) is 8.78. The molecule has 3 aromatic heterocycles. The molecule has 0 unspecified atom stereocenters. The number of fused-ring (bicyclic) bond motifs is 1. The third kappa shape index (κ3) is 4.66. The van der Waals surface area contributed by atoms with Crippen LogP contribution in [0.4, 0.5) is 30.6 Å². The van der Waals surface area contributed by atoms with Gasteiger partial charge in [0.25, 0.3) is 0 Å². The summed E-state index contributed by atoms with van der Waals surface area (Å²) in [4.78, 5) is 26.9. The highest BCUT2D eigenvalue weighted by atomic mass is 19.4. The quantitative estimate of drug-likeness (QED) is 0.418. The van der Waals surface area contributed by atoms with Gasteiger partial charge < -0.3 is 10.2 Å². The number of alkyl halides is 3. The number of carbonyl (C=O) groups excluding carboxylic acids is 1. The van der Waals surface area contributed by atoms with E-state index in [9.17, 15) is 23.2 Å². The summed E-state index contributed by atoms with van der Waals surface area (Å²) < 4.78 is 43.3. The van der Waals surface area contributed by atoms with Gasteiger partial charge in [0.1, 0.15) is 17.5 Å². The lowest BCUT2D eigenvalue weighted by atomic mass is 9.98. The molecular weight excluding hydrogens is 497 g/mol. The van der Waals surface area contributed by atoms with Crippen LogP contribution in [0.5, 0.6) is 0 Å². The van der Waals surface area contributed by atoms with Crippen LogP contribution >= 0.6 is 0 Å². The predicted molar refractivity (Wildman–Crippen MR) is 132 cm³/mol. The van der Waals surface area contributed by atoms with Gasteiger partial charge in [0.15, 0.2) is 0 Å². The van der Waals surface area contributed by atoms with E-state index in [1.54, 1.807) is 31.4 Å². The Bertz CT molecular complexity index is 1590. The van der Waals surface area contributed by atoms with Gasteiger partial charge in [-0.25, -0.2) is 9.97 Å². The van der Waals surface area contributed by atoms with Gasteiger partial charge in [-0.05, 0) is 42.7 Å². The molecule has 1 aliphatic heterocycles. The summed E-state index contributed by atoms with van der Waals surface area (Å²) in [6.45, 7) is 2.12. The molecule has 9 nitrogen and oxygen atoms in total. The lowest BCUT2D eigenvalue weighted by Crippen LogP contribution is -2.31. The maximum Gasteiger partial charge on any atom is 0.419 e. The van der Waals surface area contributed by atoms with Crippen molar-refractivity contribution in [3.8, 4) is 17.3 Å². The van der Waals surface area contributed by atoms with E-state index < -0.39 is 11.7 Å². The summed E-state index contributed by atoms with van der Waals surface area (Å²) in [5, 5.41) is 16.8. The first-order valence-corrected chi connectivity index (χ1v) is 11.6. The maximum atomic E-state index is 13.9. The van der Waals surface area contributed by atoms with Crippen LogP contribution in [0.3, 0.4) is 0 Å². The number of pyridine rings is 1. The van der Waals surface area contributed by atoms with E-state index in [-0.39, 0.29) is 35.1 Å². The van der Waals surface area contributed by atoms with Crippen molar-refractivity contribution >= 4 is 23.4 Å². The van der Waals surface area contributed by atoms with Crippen LogP contribution in [0.2, 0.25) is 0 Å². The molecule has 1 aliphatic rings. The fraction of sp³-hybridized carbons (Fsp3) is 0.231. The molecule has 38 heavy (non-hydrogen) atoms. The molecule has 0 saturated heterocycles. The van der Waals surface area contributed by atoms with Gasteiger partial charge in [0.05, 0.1) is 29.6 Å². The van der Waals surface area contributed by atoms with Crippen LogP contribution in [-0.4, -0.2) is 37.2 Å². The third-order valence-corrected chi connectivity index (χ3v) is 6.37. The van der Waals surface area contributed by atoms with Crippen molar-refractivity contribution in [2.75, 3.05) is 16.8 Å². The van der Waals surface area contributed by atoms with E-state index in [1.165, 1.54) is 21.8 Å². The monoisotopic (exact) mass is 518 g/mol. The van der Waals surface area contributed by atoms with Gasteiger partial charge in [-0.1, -0.05) is 6.07 Å². The molecule has 1 amide bonds. The van der Waals surface area contributed by atoms with Crippen LogP contribution in [0.15, 0.2) is 48.9 Å². The number of amides is 1. The first-order chi connectivity index (χ1) is 18.2. The van der Waals surface area contributed by atoms with Gasteiger partial charge in [-0.3, -0.25) is 14.5 Å². The molecule has 1 aromatic carbocycles. The van der Waals surface area contributed by atoms with E-state index in [1.807, 2.05) is 13.0 Å². The highest BCUT2D eigenvalue weighted by Gasteiger charge is 2.36. The number of rotatable bonds is 5. The Balaban J connectivity index is 1.54. The van der Waals surface area contributed by atoms with Crippen LogP contribution in [-0.2, 0) is 30.9 Å². The molecule has 4 heterocycles. The summed E-state index contributed by atoms with van der Waals surface area (Å²) in [5.74, 6) is 0.212. The maximum absolute atomic E-state index is 13.9. The molecule has 4 aromatic rings. The summed E-state index contributed by atoms with van der Waals surface area (Å²) in [6.07, 6.45) is -0.358. The van der Waals surface area contributed by atoms with Gasteiger partial charge >= 0.3 is 6.18 Å². The molecule has 0 atom stereocenters. The van der Waals surface area contributed by atoms with Crippen molar-refractivity contribution in [1.82, 2.24) is 24.7 Å². The molecule has 0 bridgehead atoms. The van der Waals surface area contributed by atoms with Crippen molar-refractivity contribution in [3.05, 3.63) is 76.9 Å². The fourth-order valence-electron chi connectivity index (χ4n) is 4.46. The number of benzene rings is 1. The Morgan fingerprint density at radius 3 is 2.71 bits per heavy atom. The normalized spacial score (nSPS) is 12.8. The number of anilines is 3. The van der Waals surface area contributed by atoms with Crippen molar-refractivity contribution in [1.29, 1.82) is 5.26 Å². The molecule has 0 aliphatic carbocycles. The SMILES string of the molecule is Cc1ncccc1CC(=O)N1CCc2cc(-c3nc(Nc4ccnn4C)ncc3C(F)(F)F)cc(C#N)c21. The van der Waals surface area contributed by atoms with Crippen LogP contribution in [0.25, 0.3) is 11.3 Å². The minimum Gasteiger partial charge on any atom is -0.310 e. The smallest absolute Gasteiger partial charge is 0.310 e. The second kappa shape index (κ2) is 9.59. The zero-order valence-corrected chi connectivity index (χ0v) is 20.4. The Hall–Kier alpha value is -4.79. The molecule has 1 N–H and O–H groups in total. The van der Waals surface area contributed by atoms with Crippen LogP contribution in [0.1, 0.15) is 27.9 Å². The predicted octanol–water partition coefficient (Wildman–Crippen LogP) is 4.35. The van der Waals surface area contributed by atoms with Crippen molar-refractivity contribution in [2.24, 2.45) is 7.05 Å². The Labute approximate surface area is 215 Å². The zero-order valence-electron chi connectivity index (χ0n) is 20.4. The van der Waals surface area contributed by atoms with E-state index >= 15 is 0 Å². The fourth-order valence-corrected chi connectivity index (χ4v) is 4.46. The van der Waals surface area contributed by atoms with E-state index in [0.717, 1.165) is 11.3 Å². The second-order valence-electron chi connectivity index (χ2n) is 8.78. The summed E-state index contributed by atoms with van der Waals surface area (Å²) in [5.41, 5.74) is 1.32. The lowest BCUT2D eigenvalue weighted by Gasteiger charge is -2.20. The molecule has 0 fully saturated rings. The molecular formula is C26H21F3N8O. The standard InChI is InChI=1S/C26H21F3N8O/c1-15-16(4-3-7-31-15)12-22(38)37-9-6-17-10-18(11-19(13-30)24(17)37)23-20(26(27,28)29)14-32-25(35-23)34-21-5-8-33-36(21)2/h3-5,7-8,10-11,14H,6,9,12H2,1-2H3,(H,32,34,35). The van der Waals surface area contributed by atoms with E-state index in [2.05, 4.69) is 31.4 Å². The molecule has 0 radical (unpaired) electrons. The number of hydrogen-bond acceptors (Lipinski definition) is 7. The molecule has 5 rings (SSSR count). The summed E-state index contributed by atoms with van der Waals surface area (Å²) >= 11 is 0. The highest BCUT2D eigenvalue weighted by molar-refractivity contribution is 5.99. The Morgan fingerprint density at radius 2 is 2.03 bits per heavy atom. The van der Waals surface area contributed by atoms with Crippen molar-refractivity contribution < 1.29 is 18.0 Å². The van der Waals surface area contributed by atoms with Gasteiger partial charge in [-0.15, -0.1) is 0 Å². The number of aromatic nitrogens is 5. The van der Waals surface area contributed by atoms with Gasteiger partial charge in [0, 0.05) is 43.3 Å². The van der Waals surface area contributed by atoms with Gasteiger partial charge in [-0.2, -0.15) is 23.5 Å². The number of carbonyl (C=O) groups is 1. The molecule has 192 valence electrons.